The number of ether oxygens (including phenoxy) is 5. The van der Waals surface area contributed by atoms with Crippen LogP contribution in [0.25, 0.3) is 10.7 Å². The van der Waals surface area contributed by atoms with Crippen LogP contribution < -0.4 is 60.6 Å². The van der Waals surface area contributed by atoms with Crippen LogP contribution in [0.2, 0.25) is 0 Å². The van der Waals surface area contributed by atoms with Gasteiger partial charge in [0.05, 0.1) is 85.2 Å². The molecule has 4 aromatic heterocycles. The molecule has 0 radical (unpaired) electrons. The van der Waals surface area contributed by atoms with Gasteiger partial charge in [-0.3, -0.25) is 33.6 Å². The number of aliphatic hydroxyl groups is 8. The number of aromatic amines is 1. The number of carbonyl (C=O) groups excluding carboxylic acids is 8. The van der Waals surface area contributed by atoms with E-state index in [2.05, 4.69) is 74.3 Å². The molecule has 2 fully saturated rings. The number of anilines is 1. The molecule has 38 nitrogen and oxygen atoms in total. The first-order valence-corrected chi connectivity index (χ1v) is 33.8. The number of primary amides is 3. The number of H-pyrrole nitrogens is 1. The van der Waals surface area contributed by atoms with Crippen LogP contribution in [0.5, 0.6) is 0 Å². The lowest BCUT2D eigenvalue weighted by Crippen LogP contribution is -2.65. The molecule has 0 aliphatic carbocycles. The van der Waals surface area contributed by atoms with E-state index in [1.165, 1.54) is 50.4 Å². The van der Waals surface area contributed by atoms with Crippen LogP contribution in [-0.2, 0) is 65.0 Å². The summed E-state index contributed by atoms with van der Waals surface area (Å²) >= 11 is 2.52. The number of thiazole rings is 2. The summed E-state index contributed by atoms with van der Waals surface area (Å²) in [5.74, 6) is -7.69. The summed E-state index contributed by atoms with van der Waals surface area (Å²) in [6.07, 6.45) is -20.0. The Balaban J connectivity index is 1.26. The van der Waals surface area contributed by atoms with Crippen molar-refractivity contribution in [2.45, 2.75) is 157 Å². The molecular weight excluding hydrogens is 1330 g/mol. The SMILES string of the molecule is Cc1c(N)nc([C@H](CC(N)=O)NC[C@H](N)C(N)=O)nc1C(=O)N[C@H](C(=O)N[C@H](C)[C@@H](O)[C@H](C)C(=O)N[C@H](C(=O)NCCc1nc(-c2nc(C(=O)NCCC[S+](C)C)cs2)cs1)C(C)O)[C@@H](O[C@@H]1O[C@@H](CO)[C@@H](O)[C@H](O)[C@@H]1O[C@H]1O[C@H](CO)[C@@H](O)[C@H](OC(N)=O)[C@@H]1O)c1cnc[nH]1. The highest BCUT2D eigenvalue weighted by Crippen LogP contribution is 2.35. The molecule has 0 aromatic carbocycles. The van der Waals surface area contributed by atoms with Gasteiger partial charge in [0.1, 0.15) is 100 Å². The maximum atomic E-state index is 15.2. The Morgan fingerprint density at radius 2 is 1.47 bits per heavy atom. The minimum absolute atomic E-state index is 0.00498. The Kier molecular flexibility index (Phi) is 29.0. The van der Waals surface area contributed by atoms with E-state index in [1.54, 1.807) is 10.8 Å². The molecule has 96 heavy (non-hydrogen) atoms. The quantitative estimate of drug-likeness (QED) is 0.0150. The van der Waals surface area contributed by atoms with Crippen LogP contribution in [-0.4, -0.2) is 267 Å². The zero-order chi connectivity index (χ0) is 71.0. The Labute approximate surface area is 559 Å². The van der Waals surface area contributed by atoms with Crippen molar-refractivity contribution in [3.05, 3.63) is 56.8 Å². The van der Waals surface area contributed by atoms with Gasteiger partial charge < -0.3 is 130 Å². The van der Waals surface area contributed by atoms with E-state index < -0.39 is 183 Å². The summed E-state index contributed by atoms with van der Waals surface area (Å²) in [5.41, 5.74) is 28.1. The number of imidazole rings is 1. The van der Waals surface area contributed by atoms with Gasteiger partial charge in [0.2, 0.25) is 29.5 Å². The topological polar surface area (TPSA) is 627 Å². The molecule has 2 aliphatic rings. The van der Waals surface area contributed by atoms with E-state index in [9.17, 15) is 74.4 Å². The standard InChI is InChI=1S/C55H83N17O21S3/c1-20-33(69-46(72-44(20)58)25(12-31(57)76)64-13-24(56)45(59)82)50(86)71-35(41(26-14-61-19-65-26)91-54-43(39(80)37(78)29(15-73)90-54)92-53-40(81)42(93-55(60)88)38(79)30(16-74)89-53)51(87)66-22(3)36(77)21(2)47(83)70-34(23(4)75)49(85)63-10-8-32-67-28(18-94-32)52-68-27(17-95-52)48(84)62-9-7-11-96(5)6/h14,17-19,21-25,29-30,34-43,53-54,64,73-75,77-81H,7-13,15-16,56H2,1-6H3,(H13-,57,58,59,60,61,62,63,65,66,69,70,71,72,76,82,83,84,85,86,87,88)/p+1/t21-,22+,23?,24-,25-,29-,30+,34-,35-,36-,37+,38+,39-,40-,41-,42-,43-,53+,54-/m0/s1. The van der Waals surface area contributed by atoms with E-state index in [-0.39, 0.29) is 64.9 Å². The van der Waals surface area contributed by atoms with Gasteiger partial charge in [0, 0.05) is 55.2 Å². The average molecular weight is 1420 g/mol. The zero-order valence-electron chi connectivity index (χ0n) is 52.9. The Morgan fingerprint density at radius 1 is 0.781 bits per heavy atom. The number of aromatic nitrogens is 6. The number of hydrogen-bond acceptors (Lipinski definition) is 31. The minimum Gasteiger partial charge on any atom is -0.441 e. The first-order valence-electron chi connectivity index (χ1n) is 29.8. The van der Waals surface area contributed by atoms with Gasteiger partial charge in [-0.15, -0.1) is 22.7 Å². The summed E-state index contributed by atoms with van der Waals surface area (Å²) in [6, 6.07) is -7.85. The van der Waals surface area contributed by atoms with Gasteiger partial charge in [-0.2, -0.15) is 0 Å². The molecule has 532 valence electrons. The zero-order valence-corrected chi connectivity index (χ0v) is 55.3. The first kappa shape index (κ1) is 77.7. The maximum Gasteiger partial charge on any atom is 0.404 e. The number of carbonyl (C=O) groups is 8. The number of nitrogens with two attached hydrogens (primary N) is 5. The van der Waals surface area contributed by atoms with Crippen molar-refractivity contribution in [2.24, 2.45) is 28.9 Å². The molecule has 0 spiro atoms. The highest BCUT2D eigenvalue weighted by atomic mass is 32.2. The predicted molar refractivity (Wildman–Crippen MR) is 339 cm³/mol. The van der Waals surface area contributed by atoms with Crippen molar-refractivity contribution >= 4 is 86.8 Å². The fourth-order valence-electron chi connectivity index (χ4n) is 9.80. The lowest BCUT2D eigenvalue weighted by atomic mass is 9.96. The van der Waals surface area contributed by atoms with E-state index in [4.69, 9.17) is 52.4 Å². The largest absolute Gasteiger partial charge is 0.441 e. The summed E-state index contributed by atoms with van der Waals surface area (Å²) < 4.78 is 28.7. The van der Waals surface area contributed by atoms with Crippen LogP contribution >= 0.6 is 22.7 Å². The number of rotatable bonds is 35. The molecule has 41 heteroatoms. The van der Waals surface area contributed by atoms with Crippen molar-refractivity contribution in [1.29, 1.82) is 0 Å². The Hall–Kier alpha value is -7.30. The van der Waals surface area contributed by atoms with Crippen molar-refractivity contribution in [2.75, 3.05) is 56.8 Å². The second-order valence-electron chi connectivity index (χ2n) is 22.8. The first-order chi connectivity index (χ1) is 45.3. The third-order valence-corrected chi connectivity index (χ3v) is 18.2. The summed E-state index contributed by atoms with van der Waals surface area (Å²) in [4.78, 5) is 131. The lowest BCUT2D eigenvalue weighted by Gasteiger charge is -2.47. The van der Waals surface area contributed by atoms with Gasteiger partial charge in [0.25, 0.3) is 11.8 Å². The Bertz CT molecular complexity index is 3280. The molecule has 25 N–H and O–H groups in total. The number of hydrogen-bond donors (Lipinski definition) is 20. The van der Waals surface area contributed by atoms with E-state index in [0.29, 0.717) is 22.3 Å². The number of nitrogens with one attached hydrogen (secondary N) is 7. The summed E-state index contributed by atoms with van der Waals surface area (Å²) in [5, 5.41) is 108. The minimum atomic E-state index is -2.20. The van der Waals surface area contributed by atoms with Crippen molar-refractivity contribution in [3.8, 4) is 10.7 Å². The van der Waals surface area contributed by atoms with Gasteiger partial charge >= 0.3 is 6.09 Å². The van der Waals surface area contributed by atoms with Crippen LogP contribution in [0.4, 0.5) is 10.6 Å². The van der Waals surface area contributed by atoms with Crippen molar-refractivity contribution in [3.63, 3.8) is 0 Å². The lowest BCUT2D eigenvalue weighted by molar-refractivity contribution is -0.372. The molecule has 2 aliphatic heterocycles. The summed E-state index contributed by atoms with van der Waals surface area (Å²) in [7, 11) is 0.254. The second-order valence-corrected chi connectivity index (χ2v) is 27.0. The van der Waals surface area contributed by atoms with Crippen LogP contribution in [0.3, 0.4) is 0 Å². The van der Waals surface area contributed by atoms with E-state index in [1.807, 2.05) is 0 Å². The third-order valence-electron chi connectivity index (χ3n) is 15.3. The van der Waals surface area contributed by atoms with Crippen LogP contribution in [0, 0.1) is 12.8 Å². The van der Waals surface area contributed by atoms with E-state index in [0.717, 1.165) is 24.7 Å². The van der Waals surface area contributed by atoms with Gasteiger partial charge in [0.15, 0.2) is 18.7 Å². The molecule has 6 heterocycles. The second kappa shape index (κ2) is 35.8. The molecule has 8 amide bonds. The average Bonchev–Trinajstić information content (AvgIpc) is 0.885. The highest BCUT2D eigenvalue weighted by molar-refractivity contribution is 7.95. The fraction of sp³-hybridized carbons (Fsp3) is 0.618. The van der Waals surface area contributed by atoms with Gasteiger partial charge in [-0.25, -0.2) is 29.7 Å². The molecule has 4 aromatic rings. The molecule has 6 rings (SSSR count). The monoisotopic (exact) mass is 1410 g/mol. The number of aliphatic hydroxyl groups excluding tert-OH is 8. The van der Waals surface area contributed by atoms with Crippen molar-refractivity contribution in [1.82, 2.24) is 61.8 Å². The molecule has 2 saturated heterocycles. The molecule has 0 bridgehead atoms. The van der Waals surface area contributed by atoms with Crippen molar-refractivity contribution < 1.29 is 103 Å². The van der Waals surface area contributed by atoms with Gasteiger partial charge in [-0.05, 0) is 31.7 Å². The normalized spacial score (nSPS) is 24.0. The maximum absolute atomic E-state index is 15.2. The van der Waals surface area contributed by atoms with E-state index >= 15 is 4.79 Å². The van der Waals surface area contributed by atoms with Gasteiger partial charge in [-0.1, -0.05) is 6.92 Å². The third kappa shape index (κ3) is 20.6. The van der Waals surface area contributed by atoms with Crippen LogP contribution in [0.15, 0.2) is 23.3 Å². The number of nitrogens with zero attached hydrogens (tertiary/aromatic N) is 5. The fourth-order valence-corrected chi connectivity index (χ4v) is 12.1. The number of nitrogen functional groups attached to an aromatic ring is 1. The molecule has 0 saturated carbocycles. The molecular formula is C55H84N17O21S3+. The summed E-state index contributed by atoms with van der Waals surface area (Å²) in [6.45, 7) is 3.18. The highest BCUT2D eigenvalue weighted by Gasteiger charge is 2.54. The predicted octanol–water partition coefficient (Wildman–Crippen LogP) is -7.70. The molecule has 1 unspecified atom stereocenters. The molecule has 19 atom stereocenters. The Morgan fingerprint density at radius 3 is 2.09 bits per heavy atom. The smallest absolute Gasteiger partial charge is 0.404 e. The van der Waals surface area contributed by atoms with Crippen LogP contribution in [0.1, 0.15) is 88.8 Å². The number of amides is 8.